The summed E-state index contributed by atoms with van der Waals surface area (Å²) in [6, 6.07) is 0.256. The third-order valence-electron chi connectivity index (χ3n) is 4.78. The first-order valence-electron chi connectivity index (χ1n) is 8.06. The van der Waals surface area contributed by atoms with Gasteiger partial charge in [-0.15, -0.1) is 0 Å². The van der Waals surface area contributed by atoms with Crippen molar-refractivity contribution in [1.82, 2.24) is 24.4 Å². The molecular weight excluding hydrogens is 292 g/mol. The van der Waals surface area contributed by atoms with Crippen molar-refractivity contribution >= 4 is 11.7 Å². The van der Waals surface area contributed by atoms with Gasteiger partial charge in [0, 0.05) is 50.5 Å². The third-order valence-corrected chi connectivity index (χ3v) is 4.78. The molecule has 5 heterocycles. The molecular formula is C16H20N6O. The highest BCUT2D eigenvalue weighted by molar-refractivity contribution is 5.76. The van der Waals surface area contributed by atoms with E-state index in [1.807, 2.05) is 17.0 Å². The van der Waals surface area contributed by atoms with Gasteiger partial charge < -0.3 is 14.4 Å². The number of aromatic nitrogens is 4. The molecule has 2 aromatic rings. The molecule has 0 radical (unpaired) electrons. The Morgan fingerprint density at radius 2 is 2.09 bits per heavy atom. The van der Waals surface area contributed by atoms with E-state index in [-0.39, 0.29) is 11.9 Å². The van der Waals surface area contributed by atoms with Crippen molar-refractivity contribution < 1.29 is 4.79 Å². The molecule has 3 fully saturated rings. The smallest absolute Gasteiger partial charge is 0.242 e. The number of anilines is 1. The van der Waals surface area contributed by atoms with Gasteiger partial charge in [-0.3, -0.25) is 9.78 Å². The maximum atomic E-state index is 12.7. The number of hydrogen-bond donors (Lipinski definition) is 0. The lowest BCUT2D eigenvalue weighted by Gasteiger charge is -2.36. The first kappa shape index (κ1) is 14.2. The van der Waals surface area contributed by atoms with Crippen molar-refractivity contribution in [3.8, 4) is 0 Å². The summed E-state index contributed by atoms with van der Waals surface area (Å²) >= 11 is 0. The molecule has 0 aromatic carbocycles. The van der Waals surface area contributed by atoms with E-state index in [0.29, 0.717) is 12.5 Å². The fourth-order valence-corrected chi connectivity index (χ4v) is 3.66. The van der Waals surface area contributed by atoms with Crippen LogP contribution in [0.1, 0.15) is 12.8 Å². The van der Waals surface area contributed by atoms with Gasteiger partial charge in [-0.25, -0.2) is 9.97 Å². The standard InChI is InChI=1S/C16H20N6O/c23-16(11-20-6-5-18-12-20)22-9-13-1-2-14(22)10-21(8-13)15-7-17-3-4-19-15/h3-7,12-14H,1-2,8-11H2/t13-,14+/m0/s1. The molecule has 0 saturated carbocycles. The minimum atomic E-state index is 0.179. The van der Waals surface area contributed by atoms with Crippen LogP contribution in [-0.2, 0) is 11.3 Å². The first-order valence-corrected chi connectivity index (χ1v) is 8.06. The van der Waals surface area contributed by atoms with Crippen LogP contribution >= 0.6 is 0 Å². The summed E-state index contributed by atoms with van der Waals surface area (Å²) in [6.07, 6.45) is 12.7. The maximum absolute atomic E-state index is 12.7. The van der Waals surface area contributed by atoms with E-state index in [1.165, 1.54) is 6.42 Å². The van der Waals surface area contributed by atoms with Crippen LogP contribution in [0.25, 0.3) is 0 Å². The van der Waals surface area contributed by atoms with Gasteiger partial charge in [0.15, 0.2) is 0 Å². The lowest BCUT2D eigenvalue weighted by Crippen LogP contribution is -2.48. The highest BCUT2D eigenvalue weighted by atomic mass is 16.2. The van der Waals surface area contributed by atoms with E-state index in [9.17, 15) is 4.79 Å². The van der Waals surface area contributed by atoms with Crippen molar-refractivity contribution in [1.29, 1.82) is 0 Å². The lowest BCUT2D eigenvalue weighted by atomic mass is 9.95. The molecule has 1 amide bonds. The highest BCUT2D eigenvalue weighted by Crippen LogP contribution is 2.30. The Kier molecular flexibility index (Phi) is 3.69. The highest BCUT2D eigenvalue weighted by Gasteiger charge is 2.37. The summed E-state index contributed by atoms with van der Waals surface area (Å²) in [5.41, 5.74) is 0. The van der Waals surface area contributed by atoms with Crippen LogP contribution < -0.4 is 4.90 Å². The van der Waals surface area contributed by atoms with Gasteiger partial charge in [0.2, 0.25) is 5.91 Å². The molecule has 0 aliphatic carbocycles. The van der Waals surface area contributed by atoms with Crippen LogP contribution in [0.2, 0.25) is 0 Å². The van der Waals surface area contributed by atoms with E-state index in [4.69, 9.17) is 0 Å². The van der Waals surface area contributed by atoms with Crippen molar-refractivity contribution in [3.05, 3.63) is 37.3 Å². The Balaban J connectivity index is 1.50. The molecule has 2 aromatic heterocycles. The van der Waals surface area contributed by atoms with E-state index in [2.05, 4.69) is 24.8 Å². The maximum Gasteiger partial charge on any atom is 0.242 e. The molecule has 120 valence electrons. The zero-order chi connectivity index (χ0) is 15.6. The monoisotopic (exact) mass is 312 g/mol. The average molecular weight is 312 g/mol. The topological polar surface area (TPSA) is 67.2 Å². The molecule has 0 N–H and O–H groups in total. The molecule has 5 rings (SSSR count). The number of amides is 1. The van der Waals surface area contributed by atoms with Gasteiger partial charge in [0.05, 0.1) is 12.5 Å². The van der Waals surface area contributed by atoms with Crippen LogP contribution in [-0.4, -0.2) is 56.0 Å². The molecule has 23 heavy (non-hydrogen) atoms. The van der Waals surface area contributed by atoms with Crippen LogP contribution in [0.4, 0.5) is 5.82 Å². The second-order valence-electron chi connectivity index (χ2n) is 6.35. The minimum Gasteiger partial charge on any atom is -0.353 e. The molecule has 0 spiro atoms. The summed E-state index contributed by atoms with van der Waals surface area (Å²) in [7, 11) is 0. The van der Waals surface area contributed by atoms with Gasteiger partial charge in [0.25, 0.3) is 0 Å². The van der Waals surface area contributed by atoms with Crippen LogP contribution in [0, 0.1) is 5.92 Å². The summed E-state index contributed by atoms with van der Waals surface area (Å²) in [5.74, 6) is 1.59. The summed E-state index contributed by atoms with van der Waals surface area (Å²) < 4.78 is 1.83. The molecule has 2 atom stereocenters. The Hall–Kier alpha value is -2.44. The lowest BCUT2D eigenvalue weighted by molar-refractivity contribution is -0.135. The molecule has 7 nitrogen and oxygen atoms in total. The number of imidazole rings is 1. The van der Waals surface area contributed by atoms with Crippen molar-refractivity contribution in [2.75, 3.05) is 24.5 Å². The number of carbonyl (C=O) groups excluding carboxylic acids is 1. The average Bonchev–Trinajstić information content (AvgIpc) is 2.92. The predicted octanol–water partition coefficient (Wildman–Crippen LogP) is 0.800. The Bertz CT molecular complexity index is 658. The molecule has 2 bridgehead atoms. The third kappa shape index (κ3) is 2.91. The van der Waals surface area contributed by atoms with Gasteiger partial charge in [0.1, 0.15) is 12.4 Å². The predicted molar refractivity (Wildman–Crippen MR) is 84.7 cm³/mol. The summed E-state index contributed by atoms with van der Waals surface area (Å²) in [6.45, 7) is 3.00. The SMILES string of the molecule is O=C(Cn1ccnc1)N1C[C@H]2CC[C@@H]1CN(c1cnccn1)C2. The Morgan fingerprint density at radius 3 is 2.87 bits per heavy atom. The number of nitrogens with zero attached hydrogens (tertiary/aromatic N) is 6. The number of fused-ring (bicyclic) bond motifs is 4. The van der Waals surface area contributed by atoms with Crippen molar-refractivity contribution in [3.63, 3.8) is 0 Å². The normalized spacial score (nSPS) is 23.8. The van der Waals surface area contributed by atoms with E-state index < -0.39 is 0 Å². The summed E-state index contributed by atoms with van der Waals surface area (Å²) in [5, 5.41) is 0. The number of carbonyl (C=O) groups is 1. The van der Waals surface area contributed by atoms with Gasteiger partial charge in [-0.1, -0.05) is 0 Å². The number of piperidine rings is 1. The Morgan fingerprint density at radius 1 is 1.13 bits per heavy atom. The van der Waals surface area contributed by atoms with Crippen LogP contribution in [0.15, 0.2) is 37.3 Å². The van der Waals surface area contributed by atoms with Crippen LogP contribution in [0.3, 0.4) is 0 Å². The molecule has 3 saturated heterocycles. The van der Waals surface area contributed by atoms with E-state index in [0.717, 1.165) is 31.9 Å². The minimum absolute atomic E-state index is 0.179. The van der Waals surface area contributed by atoms with E-state index >= 15 is 0 Å². The molecule has 0 unspecified atom stereocenters. The zero-order valence-corrected chi connectivity index (χ0v) is 13.0. The number of rotatable bonds is 3. The molecule has 7 heteroatoms. The second kappa shape index (κ2) is 5.98. The fourth-order valence-electron chi connectivity index (χ4n) is 3.66. The van der Waals surface area contributed by atoms with Crippen molar-refractivity contribution in [2.24, 2.45) is 5.92 Å². The zero-order valence-electron chi connectivity index (χ0n) is 13.0. The number of hydrogen-bond acceptors (Lipinski definition) is 5. The largest absolute Gasteiger partial charge is 0.353 e. The molecule has 3 aliphatic rings. The Labute approximate surface area is 135 Å². The van der Waals surface area contributed by atoms with Crippen LogP contribution in [0.5, 0.6) is 0 Å². The fraction of sp³-hybridized carbons (Fsp3) is 0.500. The van der Waals surface area contributed by atoms with Gasteiger partial charge in [-0.05, 0) is 18.8 Å². The van der Waals surface area contributed by atoms with Crippen molar-refractivity contribution in [2.45, 2.75) is 25.4 Å². The molecule has 3 aliphatic heterocycles. The summed E-state index contributed by atoms with van der Waals surface area (Å²) in [4.78, 5) is 29.6. The second-order valence-corrected chi connectivity index (χ2v) is 6.35. The quantitative estimate of drug-likeness (QED) is 0.839. The van der Waals surface area contributed by atoms with Gasteiger partial charge in [-0.2, -0.15) is 0 Å². The van der Waals surface area contributed by atoms with E-state index in [1.54, 1.807) is 24.9 Å². The van der Waals surface area contributed by atoms with Gasteiger partial charge >= 0.3 is 0 Å². The first-order chi connectivity index (χ1) is 11.3.